The summed E-state index contributed by atoms with van der Waals surface area (Å²) in [7, 11) is 0. The second kappa shape index (κ2) is 10.2. The van der Waals surface area contributed by atoms with Gasteiger partial charge in [-0.2, -0.15) is 0 Å². The third-order valence-electron chi connectivity index (χ3n) is 11.4. The smallest absolute Gasteiger partial charge is 0.144 e. The highest BCUT2D eigenvalue weighted by Crippen LogP contribution is 2.49. The minimum absolute atomic E-state index is 0.794. The number of fused-ring (bicyclic) bond motifs is 16. The molecule has 9 aromatic carbocycles. The maximum Gasteiger partial charge on any atom is 0.144 e. The summed E-state index contributed by atoms with van der Waals surface area (Å²) in [5, 5.41) is 13.0. The van der Waals surface area contributed by atoms with Crippen molar-refractivity contribution < 1.29 is 17.7 Å². The Labute approximate surface area is 306 Å². The number of para-hydroxylation sites is 2. The SMILES string of the molecule is c1ccc2cc(-c3cc4oc5cc6c(cc5c4c4c3oc3ccccc34)oc3cc(-c4ccc5ccccc5c4)c4oc5ccccc5c4c36)ccc2c1. The summed E-state index contributed by atoms with van der Waals surface area (Å²) in [6.45, 7) is 0. The topological polar surface area (TPSA) is 52.6 Å². The van der Waals surface area contributed by atoms with E-state index in [1.807, 2.05) is 24.3 Å². The summed E-state index contributed by atoms with van der Waals surface area (Å²) >= 11 is 0. The van der Waals surface area contributed by atoms with Gasteiger partial charge in [-0.05, 0) is 81.2 Å². The van der Waals surface area contributed by atoms with Crippen LogP contribution in [0.2, 0.25) is 0 Å². The van der Waals surface area contributed by atoms with Crippen molar-refractivity contribution in [2.45, 2.75) is 0 Å². The lowest BCUT2D eigenvalue weighted by Crippen LogP contribution is -1.82. The molecule has 0 amide bonds. The summed E-state index contributed by atoms with van der Waals surface area (Å²) in [5.74, 6) is 0. The Morgan fingerprint density at radius 1 is 0.259 bits per heavy atom. The zero-order valence-electron chi connectivity index (χ0n) is 28.6. The van der Waals surface area contributed by atoms with E-state index in [0.717, 1.165) is 110 Å². The van der Waals surface area contributed by atoms with Crippen LogP contribution >= 0.6 is 0 Å². The predicted octanol–water partition coefficient (Wildman–Crippen LogP) is 14.9. The van der Waals surface area contributed by atoms with Crippen LogP contribution in [0.25, 0.3) is 132 Å². The first-order chi connectivity index (χ1) is 26.7. The van der Waals surface area contributed by atoms with Crippen molar-refractivity contribution in [1.29, 1.82) is 0 Å². The van der Waals surface area contributed by atoms with Crippen molar-refractivity contribution in [3.05, 3.63) is 158 Å². The first-order valence-electron chi connectivity index (χ1n) is 18.2. The number of furan rings is 4. The minimum Gasteiger partial charge on any atom is -0.456 e. The van der Waals surface area contributed by atoms with Gasteiger partial charge in [0.1, 0.15) is 44.7 Å². The normalized spacial score (nSPS) is 12.4. The summed E-state index contributed by atoms with van der Waals surface area (Å²) in [4.78, 5) is 0. The highest BCUT2D eigenvalue weighted by Gasteiger charge is 2.25. The van der Waals surface area contributed by atoms with Gasteiger partial charge in [-0.3, -0.25) is 0 Å². The van der Waals surface area contributed by atoms with E-state index in [1.165, 1.54) is 21.5 Å². The molecule has 0 N–H and O–H groups in total. The third kappa shape index (κ3) is 3.76. The van der Waals surface area contributed by atoms with E-state index in [1.54, 1.807) is 0 Å². The molecule has 4 heteroatoms. The average molecular weight is 691 g/mol. The number of rotatable bonds is 2. The summed E-state index contributed by atoms with van der Waals surface area (Å²) in [5.41, 5.74) is 10.7. The van der Waals surface area contributed by atoms with Crippen LogP contribution in [0.1, 0.15) is 0 Å². The largest absolute Gasteiger partial charge is 0.456 e. The molecule has 13 rings (SSSR count). The average Bonchev–Trinajstić information content (AvgIpc) is 3.98. The standard InChI is InChI=1S/C50H26O4/c1-3-11-29-21-31(19-17-27(29)9-1)35-23-43-45(47-33-13-5-7-15-39(33)53-49(35)47)37-25-42-38(26-41(37)51-43)46-44(52-42)24-36(32-20-18-28-10-2-4-12-30(28)22-32)50-48(46)34-14-6-8-16-40(34)54-50/h1-26H. The van der Waals surface area contributed by atoms with Crippen LogP contribution in [0.3, 0.4) is 0 Å². The fourth-order valence-electron chi connectivity index (χ4n) is 8.95. The molecule has 0 saturated heterocycles. The van der Waals surface area contributed by atoms with Gasteiger partial charge in [-0.25, -0.2) is 0 Å². The number of hydrogen-bond acceptors (Lipinski definition) is 4. The lowest BCUT2D eigenvalue weighted by molar-refractivity contribution is 0.661. The molecule has 0 aliphatic carbocycles. The maximum atomic E-state index is 6.86. The van der Waals surface area contributed by atoms with E-state index in [9.17, 15) is 0 Å². The molecule has 13 aromatic rings. The van der Waals surface area contributed by atoms with E-state index >= 15 is 0 Å². The van der Waals surface area contributed by atoms with Gasteiger partial charge in [0, 0.05) is 54.2 Å². The molecule has 0 atom stereocenters. The van der Waals surface area contributed by atoms with Crippen LogP contribution in [0, 0.1) is 0 Å². The highest BCUT2D eigenvalue weighted by molar-refractivity contribution is 6.32. The number of benzene rings is 9. The fourth-order valence-corrected chi connectivity index (χ4v) is 8.95. The van der Waals surface area contributed by atoms with Crippen molar-refractivity contribution >= 4 is 109 Å². The molecule has 4 nitrogen and oxygen atoms in total. The first-order valence-corrected chi connectivity index (χ1v) is 18.2. The first kappa shape index (κ1) is 28.3. The van der Waals surface area contributed by atoms with E-state index in [-0.39, 0.29) is 0 Å². The van der Waals surface area contributed by atoms with Crippen molar-refractivity contribution in [2.75, 3.05) is 0 Å². The highest BCUT2D eigenvalue weighted by atomic mass is 16.3. The van der Waals surface area contributed by atoms with Gasteiger partial charge < -0.3 is 17.7 Å². The zero-order chi connectivity index (χ0) is 35.1. The van der Waals surface area contributed by atoms with Crippen LogP contribution in [-0.4, -0.2) is 0 Å². The zero-order valence-corrected chi connectivity index (χ0v) is 28.6. The number of hydrogen-bond donors (Lipinski definition) is 0. The van der Waals surface area contributed by atoms with Gasteiger partial charge in [0.15, 0.2) is 0 Å². The molecule has 0 unspecified atom stereocenters. The van der Waals surface area contributed by atoms with Crippen LogP contribution in [0.4, 0.5) is 0 Å². The molecule has 0 bridgehead atoms. The van der Waals surface area contributed by atoms with Crippen LogP contribution in [-0.2, 0) is 0 Å². The molecule has 0 saturated carbocycles. The minimum atomic E-state index is 0.794. The third-order valence-corrected chi connectivity index (χ3v) is 11.4. The summed E-state index contributed by atoms with van der Waals surface area (Å²) in [6.07, 6.45) is 0. The molecular weight excluding hydrogens is 665 g/mol. The molecule has 4 aromatic heterocycles. The van der Waals surface area contributed by atoms with E-state index in [4.69, 9.17) is 17.7 Å². The van der Waals surface area contributed by atoms with E-state index < -0.39 is 0 Å². The van der Waals surface area contributed by atoms with Gasteiger partial charge in [-0.1, -0.05) is 109 Å². The maximum absolute atomic E-state index is 6.86. The Hall–Kier alpha value is -7.30. The molecule has 0 fully saturated rings. The Kier molecular flexibility index (Phi) is 5.34. The molecule has 250 valence electrons. The Bertz CT molecular complexity index is 3490. The lowest BCUT2D eigenvalue weighted by Gasteiger charge is -2.06. The van der Waals surface area contributed by atoms with Crippen molar-refractivity contribution in [3.8, 4) is 22.3 Å². The molecule has 54 heavy (non-hydrogen) atoms. The van der Waals surface area contributed by atoms with Gasteiger partial charge in [0.2, 0.25) is 0 Å². The molecule has 0 aliphatic heterocycles. The van der Waals surface area contributed by atoms with Crippen molar-refractivity contribution in [3.63, 3.8) is 0 Å². The molecule has 4 heterocycles. The molecular formula is C50H26O4. The van der Waals surface area contributed by atoms with Gasteiger partial charge in [-0.15, -0.1) is 0 Å². The molecule has 0 radical (unpaired) electrons. The summed E-state index contributed by atoms with van der Waals surface area (Å²) in [6, 6.07) is 55.2. The second-order valence-corrected chi connectivity index (χ2v) is 14.4. The second-order valence-electron chi connectivity index (χ2n) is 14.4. The Morgan fingerprint density at radius 2 is 0.685 bits per heavy atom. The Balaban J connectivity index is 1.13. The van der Waals surface area contributed by atoms with Gasteiger partial charge >= 0.3 is 0 Å². The van der Waals surface area contributed by atoms with Gasteiger partial charge in [0.05, 0.1) is 0 Å². The van der Waals surface area contributed by atoms with Crippen LogP contribution < -0.4 is 0 Å². The van der Waals surface area contributed by atoms with Crippen LogP contribution in [0.15, 0.2) is 175 Å². The van der Waals surface area contributed by atoms with Gasteiger partial charge in [0.25, 0.3) is 0 Å². The molecule has 0 spiro atoms. The molecule has 0 aliphatic rings. The van der Waals surface area contributed by atoms with E-state index in [2.05, 4.69) is 133 Å². The Morgan fingerprint density at radius 3 is 1.17 bits per heavy atom. The fraction of sp³-hybridized carbons (Fsp3) is 0. The van der Waals surface area contributed by atoms with E-state index in [0.29, 0.717) is 0 Å². The predicted molar refractivity (Wildman–Crippen MR) is 221 cm³/mol. The quantitative estimate of drug-likeness (QED) is 0.181. The van der Waals surface area contributed by atoms with Crippen molar-refractivity contribution in [1.82, 2.24) is 0 Å². The van der Waals surface area contributed by atoms with Crippen molar-refractivity contribution in [2.24, 2.45) is 0 Å². The monoisotopic (exact) mass is 690 g/mol. The van der Waals surface area contributed by atoms with Crippen LogP contribution in [0.5, 0.6) is 0 Å². The lowest BCUT2D eigenvalue weighted by atomic mass is 9.95. The summed E-state index contributed by atoms with van der Waals surface area (Å²) < 4.78 is 27.1.